The second kappa shape index (κ2) is 6.29. The van der Waals surface area contributed by atoms with Gasteiger partial charge in [-0.3, -0.25) is 0 Å². The van der Waals surface area contributed by atoms with Gasteiger partial charge >= 0.3 is 0 Å². The van der Waals surface area contributed by atoms with Crippen LogP contribution < -0.4 is 15.4 Å². The first kappa shape index (κ1) is 14.2. The zero-order chi connectivity index (χ0) is 13.8. The van der Waals surface area contributed by atoms with Gasteiger partial charge < -0.3 is 15.4 Å². The molecule has 2 N–H and O–H groups in total. The minimum absolute atomic E-state index is 0.539. The Morgan fingerprint density at radius 2 is 2.16 bits per heavy atom. The lowest BCUT2D eigenvalue weighted by Gasteiger charge is -2.28. The summed E-state index contributed by atoms with van der Waals surface area (Å²) in [4.78, 5) is 2.31. The highest BCUT2D eigenvalue weighted by Crippen LogP contribution is 2.29. The van der Waals surface area contributed by atoms with Crippen molar-refractivity contribution in [1.29, 1.82) is 0 Å². The lowest BCUT2D eigenvalue weighted by Crippen LogP contribution is -2.33. The molecule has 1 unspecified atom stereocenters. The fraction of sp³-hybridized carbons (Fsp3) is 0.625. The van der Waals surface area contributed by atoms with Gasteiger partial charge in [-0.2, -0.15) is 0 Å². The molecule has 1 aliphatic rings. The number of hydrogen-bond acceptors (Lipinski definition) is 3. The number of rotatable bonds is 5. The second-order valence-corrected chi connectivity index (χ2v) is 5.86. The van der Waals surface area contributed by atoms with Crippen molar-refractivity contribution in [1.82, 2.24) is 0 Å². The molecule has 0 aliphatic carbocycles. The molecule has 3 nitrogen and oxygen atoms in total. The van der Waals surface area contributed by atoms with E-state index >= 15 is 0 Å². The van der Waals surface area contributed by atoms with Crippen LogP contribution >= 0.6 is 0 Å². The molecule has 1 atom stereocenters. The second-order valence-electron chi connectivity index (χ2n) is 5.86. The van der Waals surface area contributed by atoms with Gasteiger partial charge in [-0.05, 0) is 55.0 Å². The van der Waals surface area contributed by atoms with Crippen LogP contribution in [-0.4, -0.2) is 26.7 Å². The van der Waals surface area contributed by atoms with E-state index in [0.717, 1.165) is 38.3 Å². The van der Waals surface area contributed by atoms with Gasteiger partial charge in [-0.1, -0.05) is 13.8 Å². The molecule has 0 radical (unpaired) electrons. The van der Waals surface area contributed by atoms with Crippen molar-refractivity contribution in [3.63, 3.8) is 0 Å². The maximum absolute atomic E-state index is 5.86. The van der Waals surface area contributed by atoms with Crippen molar-refractivity contribution < 1.29 is 4.74 Å². The minimum atomic E-state index is 0.539. The third kappa shape index (κ3) is 3.41. The van der Waals surface area contributed by atoms with E-state index in [1.54, 1.807) is 0 Å². The summed E-state index contributed by atoms with van der Waals surface area (Å²) >= 11 is 0. The Balaban J connectivity index is 2.08. The smallest absolute Gasteiger partial charge is 0.122 e. The number of benzene rings is 1. The lowest BCUT2D eigenvalue weighted by atomic mass is 9.95. The zero-order valence-electron chi connectivity index (χ0n) is 12.4. The number of fused-ring (bicyclic) bond motifs is 1. The molecule has 0 bridgehead atoms. The Kier molecular flexibility index (Phi) is 4.70. The topological polar surface area (TPSA) is 38.5 Å². The average molecular weight is 262 g/mol. The summed E-state index contributed by atoms with van der Waals surface area (Å²) in [5.41, 5.74) is 8.47. The Hall–Kier alpha value is -1.22. The van der Waals surface area contributed by atoms with Crippen molar-refractivity contribution in [3.8, 4) is 5.75 Å². The standard InChI is InChI=1S/C16H26N2O/c1-12(2)14(10-17)11-18(3)15-6-7-16-13(9-15)5-4-8-19-16/h6-7,9,12,14H,4-5,8,10-11,17H2,1-3H3. The van der Waals surface area contributed by atoms with E-state index in [0.29, 0.717) is 11.8 Å². The highest BCUT2D eigenvalue weighted by Gasteiger charge is 2.16. The molecule has 0 aromatic heterocycles. The molecule has 0 saturated carbocycles. The van der Waals surface area contributed by atoms with Gasteiger partial charge in [-0.15, -0.1) is 0 Å². The summed E-state index contributed by atoms with van der Waals surface area (Å²) < 4.78 is 5.66. The molecule has 0 spiro atoms. The van der Waals surface area contributed by atoms with Gasteiger partial charge in [0, 0.05) is 19.3 Å². The van der Waals surface area contributed by atoms with E-state index in [2.05, 4.69) is 44.0 Å². The van der Waals surface area contributed by atoms with Crippen LogP contribution in [0.3, 0.4) is 0 Å². The summed E-state index contributed by atoms with van der Waals surface area (Å²) in [6, 6.07) is 6.52. The first-order valence-electron chi connectivity index (χ1n) is 7.28. The number of ether oxygens (including phenoxy) is 1. The van der Waals surface area contributed by atoms with Crippen molar-refractivity contribution in [2.45, 2.75) is 26.7 Å². The molecule has 1 aliphatic heterocycles. The van der Waals surface area contributed by atoms with Gasteiger partial charge in [0.05, 0.1) is 6.61 Å². The van der Waals surface area contributed by atoms with Crippen LogP contribution in [0, 0.1) is 11.8 Å². The molecule has 1 heterocycles. The number of anilines is 1. The summed E-state index contributed by atoms with van der Waals surface area (Å²) in [6.45, 7) is 7.09. The quantitative estimate of drug-likeness (QED) is 0.886. The van der Waals surface area contributed by atoms with E-state index in [1.165, 1.54) is 11.3 Å². The summed E-state index contributed by atoms with van der Waals surface area (Å²) in [7, 11) is 2.15. The molecular formula is C16H26N2O. The predicted octanol–water partition coefficient (Wildman–Crippen LogP) is 2.68. The van der Waals surface area contributed by atoms with Crippen LogP contribution in [0.15, 0.2) is 18.2 Å². The minimum Gasteiger partial charge on any atom is -0.493 e. The van der Waals surface area contributed by atoms with Crippen LogP contribution in [-0.2, 0) is 6.42 Å². The van der Waals surface area contributed by atoms with Crippen LogP contribution in [0.25, 0.3) is 0 Å². The van der Waals surface area contributed by atoms with Crippen LogP contribution in [0.4, 0.5) is 5.69 Å². The Bertz CT molecular complexity index is 417. The first-order valence-corrected chi connectivity index (χ1v) is 7.28. The molecule has 1 aromatic carbocycles. The number of nitrogens with zero attached hydrogens (tertiary/aromatic N) is 1. The van der Waals surface area contributed by atoms with E-state index in [9.17, 15) is 0 Å². The van der Waals surface area contributed by atoms with E-state index < -0.39 is 0 Å². The van der Waals surface area contributed by atoms with Gasteiger partial charge in [0.25, 0.3) is 0 Å². The van der Waals surface area contributed by atoms with E-state index in [4.69, 9.17) is 10.5 Å². The van der Waals surface area contributed by atoms with Crippen molar-refractivity contribution in [3.05, 3.63) is 23.8 Å². The predicted molar refractivity (Wildman–Crippen MR) is 80.9 cm³/mol. The molecule has 0 saturated heterocycles. The average Bonchev–Trinajstić information content (AvgIpc) is 2.43. The van der Waals surface area contributed by atoms with Crippen LogP contribution in [0.1, 0.15) is 25.8 Å². The summed E-state index contributed by atoms with van der Waals surface area (Å²) in [5, 5.41) is 0. The van der Waals surface area contributed by atoms with Crippen molar-refractivity contribution in [2.24, 2.45) is 17.6 Å². The summed E-state index contributed by atoms with van der Waals surface area (Å²) in [5.74, 6) is 2.22. The molecule has 106 valence electrons. The Morgan fingerprint density at radius 1 is 1.37 bits per heavy atom. The number of nitrogens with two attached hydrogens (primary N) is 1. The van der Waals surface area contributed by atoms with Gasteiger partial charge in [0.1, 0.15) is 5.75 Å². The number of hydrogen-bond donors (Lipinski definition) is 1. The zero-order valence-corrected chi connectivity index (χ0v) is 12.4. The molecule has 1 aromatic rings. The molecule has 2 rings (SSSR count). The fourth-order valence-electron chi connectivity index (χ4n) is 2.60. The van der Waals surface area contributed by atoms with E-state index in [1.807, 2.05) is 0 Å². The van der Waals surface area contributed by atoms with Gasteiger partial charge in [0.2, 0.25) is 0 Å². The normalized spacial score (nSPS) is 15.8. The maximum Gasteiger partial charge on any atom is 0.122 e. The third-order valence-electron chi connectivity index (χ3n) is 4.09. The van der Waals surface area contributed by atoms with Crippen molar-refractivity contribution >= 4 is 5.69 Å². The Morgan fingerprint density at radius 3 is 2.84 bits per heavy atom. The molecule has 0 fully saturated rings. The SMILES string of the molecule is CC(C)C(CN)CN(C)c1ccc2c(c1)CCCO2. The lowest BCUT2D eigenvalue weighted by molar-refractivity contribution is 0.288. The first-order chi connectivity index (χ1) is 9.11. The highest BCUT2D eigenvalue weighted by atomic mass is 16.5. The van der Waals surface area contributed by atoms with E-state index in [-0.39, 0.29) is 0 Å². The largest absolute Gasteiger partial charge is 0.493 e. The monoisotopic (exact) mass is 262 g/mol. The molecule has 19 heavy (non-hydrogen) atoms. The highest BCUT2D eigenvalue weighted by molar-refractivity contribution is 5.53. The Labute approximate surface area is 116 Å². The summed E-state index contributed by atoms with van der Waals surface area (Å²) in [6.07, 6.45) is 2.25. The molecule has 0 amide bonds. The van der Waals surface area contributed by atoms with Crippen molar-refractivity contribution in [2.75, 3.05) is 31.6 Å². The van der Waals surface area contributed by atoms with Gasteiger partial charge in [-0.25, -0.2) is 0 Å². The van der Waals surface area contributed by atoms with Gasteiger partial charge in [0.15, 0.2) is 0 Å². The van der Waals surface area contributed by atoms with Crippen LogP contribution in [0.5, 0.6) is 5.75 Å². The molecular weight excluding hydrogens is 236 g/mol. The maximum atomic E-state index is 5.86. The van der Waals surface area contributed by atoms with Crippen LogP contribution in [0.2, 0.25) is 0 Å². The fourth-order valence-corrected chi connectivity index (χ4v) is 2.60. The molecule has 3 heteroatoms. The number of aryl methyl sites for hydroxylation is 1. The third-order valence-corrected chi connectivity index (χ3v) is 4.09.